The highest BCUT2D eigenvalue weighted by atomic mass is 16.3. The molecule has 0 spiro atoms. The van der Waals surface area contributed by atoms with Crippen LogP contribution in [0.15, 0.2) is 22.8 Å². The van der Waals surface area contributed by atoms with Gasteiger partial charge in [-0.1, -0.05) is 0 Å². The van der Waals surface area contributed by atoms with Crippen LogP contribution >= 0.6 is 0 Å². The molecule has 2 fully saturated rings. The number of hydrogen-bond donors (Lipinski definition) is 1. The normalized spacial score (nSPS) is 21.0. The van der Waals surface area contributed by atoms with Crippen molar-refractivity contribution in [2.75, 3.05) is 32.7 Å². The van der Waals surface area contributed by atoms with E-state index in [1.165, 1.54) is 12.8 Å². The van der Waals surface area contributed by atoms with Gasteiger partial charge in [-0.3, -0.25) is 14.5 Å². The molecule has 24 heavy (non-hydrogen) atoms. The van der Waals surface area contributed by atoms with Crippen molar-refractivity contribution in [1.82, 2.24) is 15.1 Å². The molecule has 2 aliphatic rings. The zero-order chi connectivity index (χ0) is 16.9. The maximum atomic E-state index is 12.5. The first-order valence-electron chi connectivity index (χ1n) is 8.96. The van der Waals surface area contributed by atoms with Crippen LogP contribution in [-0.4, -0.2) is 54.3 Å². The summed E-state index contributed by atoms with van der Waals surface area (Å²) < 4.78 is 5.59. The van der Waals surface area contributed by atoms with E-state index in [-0.39, 0.29) is 23.8 Å². The van der Waals surface area contributed by atoms with Crippen LogP contribution in [0.1, 0.15) is 44.4 Å². The lowest BCUT2D eigenvalue weighted by Gasteiger charge is -2.31. The van der Waals surface area contributed by atoms with Crippen LogP contribution < -0.4 is 5.32 Å². The highest BCUT2D eigenvalue weighted by Crippen LogP contribution is 2.25. The number of nitrogens with one attached hydrogen (secondary N) is 1. The lowest BCUT2D eigenvalue weighted by molar-refractivity contribution is -0.134. The topological polar surface area (TPSA) is 65.8 Å². The van der Waals surface area contributed by atoms with Crippen molar-refractivity contribution < 1.29 is 14.0 Å². The molecule has 2 amide bonds. The van der Waals surface area contributed by atoms with Gasteiger partial charge in [0.1, 0.15) is 5.76 Å². The number of carbonyl (C=O) groups excluding carboxylic acids is 2. The minimum Gasteiger partial charge on any atom is -0.468 e. The summed E-state index contributed by atoms with van der Waals surface area (Å²) in [4.78, 5) is 28.1. The van der Waals surface area contributed by atoms with Gasteiger partial charge in [-0.05, 0) is 50.9 Å². The standard InChI is InChI=1S/C18H27N3O3/c1-14(22)20-10-6-15(7-11-20)18(23)19-13-16(17-5-4-12-24-17)21-8-2-3-9-21/h4-5,12,15-16H,2-3,6-11,13H2,1H3,(H,19,23)/t16-/m0/s1. The highest BCUT2D eigenvalue weighted by molar-refractivity contribution is 5.79. The Balaban J connectivity index is 1.53. The Kier molecular flexibility index (Phi) is 5.56. The van der Waals surface area contributed by atoms with E-state index in [0.29, 0.717) is 19.6 Å². The number of nitrogens with zero attached hydrogens (tertiary/aromatic N) is 2. The van der Waals surface area contributed by atoms with Gasteiger partial charge in [-0.15, -0.1) is 0 Å². The average molecular weight is 333 g/mol. The third-order valence-corrected chi connectivity index (χ3v) is 5.23. The molecule has 1 aromatic rings. The summed E-state index contributed by atoms with van der Waals surface area (Å²) in [7, 11) is 0. The lowest BCUT2D eigenvalue weighted by atomic mass is 9.95. The zero-order valence-corrected chi connectivity index (χ0v) is 14.4. The van der Waals surface area contributed by atoms with Crippen molar-refractivity contribution in [3.8, 4) is 0 Å². The molecule has 6 nitrogen and oxygen atoms in total. The quantitative estimate of drug-likeness (QED) is 0.892. The van der Waals surface area contributed by atoms with Crippen LogP contribution in [0, 0.1) is 5.92 Å². The molecule has 132 valence electrons. The molecule has 0 saturated carbocycles. The number of hydrogen-bond acceptors (Lipinski definition) is 4. The van der Waals surface area contributed by atoms with Gasteiger partial charge in [0.25, 0.3) is 0 Å². The molecule has 1 N–H and O–H groups in total. The van der Waals surface area contributed by atoms with Gasteiger partial charge in [-0.25, -0.2) is 0 Å². The Labute approximate surface area is 143 Å². The molecule has 0 radical (unpaired) electrons. The number of carbonyl (C=O) groups is 2. The molecule has 1 aromatic heterocycles. The summed E-state index contributed by atoms with van der Waals surface area (Å²) in [6.07, 6.45) is 5.60. The van der Waals surface area contributed by atoms with Gasteiger partial charge < -0.3 is 14.6 Å². The molecular weight excluding hydrogens is 306 g/mol. The number of rotatable bonds is 5. The van der Waals surface area contributed by atoms with Crippen LogP contribution in [0.25, 0.3) is 0 Å². The maximum Gasteiger partial charge on any atom is 0.223 e. The molecule has 0 aromatic carbocycles. The predicted molar refractivity (Wildman–Crippen MR) is 90.2 cm³/mol. The SMILES string of the molecule is CC(=O)N1CCC(C(=O)NC[C@@H](c2ccco2)N2CCCC2)CC1. The van der Waals surface area contributed by atoms with E-state index in [9.17, 15) is 9.59 Å². The fraction of sp³-hybridized carbons (Fsp3) is 0.667. The minimum absolute atomic E-state index is 0.0106. The molecule has 0 bridgehead atoms. The van der Waals surface area contributed by atoms with E-state index in [4.69, 9.17) is 4.42 Å². The molecule has 6 heteroatoms. The van der Waals surface area contributed by atoms with E-state index in [1.807, 2.05) is 17.0 Å². The van der Waals surface area contributed by atoms with Gasteiger partial charge >= 0.3 is 0 Å². The number of piperidine rings is 1. The van der Waals surface area contributed by atoms with Crippen LogP contribution in [0.5, 0.6) is 0 Å². The van der Waals surface area contributed by atoms with Crippen molar-refractivity contribution in [2.24, 2.45) is 5.92 Å². The summed E-state index contributed by atoms with van der Waals surface area (Å²) in [5, 5.41) is 3.12. The van der Waals surface area contributed by atoms with Crippen molar-refractivity contribution in [1.29, 1.82) is 0 Å². The van der Waals surface area contributed by atoms with E-state index in [1.54, 1.807) is 13.2 Å². The van der Waals surface area contributed by atoms with E-state index in [0.717, 1.165) is 31.7 Å². The monoisotopic (exact) mass is 333 g/mol. The Hall–Kier alpha value is -1.82. The summed E-state index contributed by atoms with van der Waals surface area (Å²) in [6.45, 7) is 5.64. The second-order valence-corrected chi connectivity index (χ2v) is 6.80. The van der Waals surface area contributed by atoms with E-state index in [2.05, 4.69) is 10.2 Å². The van der Waals surface area contributed by atoms with Gasteiger partial charge in [-0.2, -0.15) is 0 Å². The number of likely N-dealkylation sites (tertiary alicyclic amines) is 2. The third-order valence-electron chi connectivity index (χ3n) is 5.23. The fourth-order valence-electron chi connectivity index (χ4n) is 3.74. The summed E-state index contributed by atoms with van der Waals surface area (Å²) >= 11 is 0. The fourth-order valence-corrected chi connectivity index (χ4v) is 3.74. The Morgan fingerprint density at radius 1 is 1.25 bits per heavy atom. The highest BCUT2D eigenvalue weighted by Gasteiger charge is 2.29. The second-order valence-electron chi connectivity index (χ2n) is 6.80. The van der Waals surface area contributed by atoms with Gasteiger partial charge in [0, 0.05) is 32.5 Å². The van der Waals surface area contributed by atoms with E-state index >= 15 is 0 Å². The van der Waals surface area contributed by atoms with Crippen molar-refractivity contribution in [2.45, 2.75) is 38.6 Å². The molecular formula is C18H27N3O3. The third kappa shape index (κ3) is 3.98. The average Bonchev–Trinajstić information content (AvgIpc) is 3.29. The molecule has 1 atom stereocenters. The first kappa shape index (κ1) is 17.0. The first-order chi connectivity index (χ1) is 11.6. The van der Waals surface area contributed by atoms with Crippen LogP contribution in [0.2, 0.25) is 0 Å². The maximum absolute atomic E-state index is 12.5. The van der Waals surface area contributed by atoms with Gasteiger partial charge in [0.05, 0.1) is 12.3 Å². The van der Waals surface area contributed by atoms with Crippen molar-refractivity contribution in [3.05, 3.63) is 24.2 Å². The molecule has 3 heterocycles. The zero-order valence-electron chi connectivity index (χ0n) is 14.4. The Morgan fingerprint density at radius 2 is 1.96 bits per heavy atom. The number of amides is 2. The summed E-state index contributed by atoms with van der Waals surface area (Å²) in [5.74, 6) is 1.13. The largest absolute Gasteiger partial charge is 0.468 e. The molecule has 2 saturated heterocycles. The van der Waals surface area contributed by atoms with Crippen LogP contribution in [0.4, 0.5) is 0 Å². The van der Waals surface area contributed by atoms with Crippen molar-refractivity contribution in [3.63, 3.8) is 0 Å². The molecule has 3 rings (SSSR count). The molecule has 0 unspecified atom stereocenters. The Morgan fingerprint density at radius 3 is 2.54 bits per heavy atom. The second kappa shape index (κ2) is 7.83. The predicted octanol–water partition coefficient (Wildman–Crippen LogP) is 1.79. The lowest BCUT2D eigenvalue weighted by Crippen LogP contribution is -2.44. The van der Waals surface area contributed by atoms with Crippen LogP contribution in [-0.2, 0) is 9.59 Å². The van der Waals surface area contributed by atoms with Crippen LogP contribution in [0.3, 0.4) is 0 Å². The van der Waals surface area contributed by atoms with Gasteiger partial charge in [0.15, 0.2) is 0 Å². The number of furan rings is 1. The minimum atomic E-state index is 0.0106. The van der Waals surface area contributed by atoms with Gasteiger partial charge in [0.2, 0.25) is 11.8 Å². The smallest absolute Gasteiger partial charge is 0.223 e. The Bertz CT molecular complexity index is 544. The molecule has 0 aliphatic carbocycles. The molecule has 2 aliphatic heterocycles. The van der Waals surface area contributed by atoms with E-state index < -0.39 is 0 Å². The summed E-state index contributed by atoms with van der Waals surface area (Å²) in [5.41, 5.74) is 0. The summed E-state index contributed by atoms with van der Waals surface area (Å²) in [6, 6.07) is 4.00. The first-order valence-corrected chi connectivity index (χ1v) is 8.96. The van der Waals surface area contributed by atoms with Crippen molar-refractivity contribution >= 4 is 11.8 Å².